The Hall–Kier alpha value is -1.63. The molecular weight excluding hydrogens is 258 g/mol. The Morgan fingerprint density at radius 1 is 1.35 bits per heavy atom. The minimum atomic E-state index is -0.0568. The van der Waals surface area contributed by atoms with Crippen molar-refractivity contribution in [3.8, 4) is 0 Å². The minimum Gasteiger partial charge on any atom is -0.423 e. The van der Waals surface area contributed by atoms with Crippen molar-refractivity contribution < 1.29 is 9.21 Å². The van der Waals surface area contributed by atoms with Crippen LogP contribution in [-0.4, -0.2) is 39.8 Å². The molecule has 0 radical (unpaired) electrons. The fourth-order valence-electron chi connectivity index (χ4n) is 3.51. The molecule has 2 bridgehead atoms. The van der Waals surface area contributed by atoms with Crippen molar-refractivity contribution in [1.82, 2.24) is 20.4 Å². The molecule has 1 saturated carbocycles. The number of hydrogen-bond acceptors (Lipinski definition) is 5. The SMILES string of the molecule is NC1CC(Cc2nnc(C3CCC4CN3C(=O)N4)o2)C1. The number of nitrogens with zero attached hydrogens (tertiary/aromatic N) is 3. The number of urea groups is 1. The fraction of sp³-hybridized carbons (Fsp3) is 0.769. The predicted octanol–water partition coefficient (Wildman–Crippen LogP) is 0.578. The summed E-state index contributed by atoms with van der Waals surface area (Å²) in [6, 6.07) is 0.560. The van der Waals surface area contributed by atoms with Crippen LogP contribution in [0.2, 0.25) is 0 Å². The highest BCUT2D eigenvalue weighted by atomic mass is 16.4. The molecule has 1 aromatic rings. The first kappa shape index (κ1) is 12.1. The number of piperidine rings is 1. The van der Waals surface area contributed by atoms with Gasteiger partial charge in [-0.15, -0.1) is 10.2 Å². The summed E-state index contributed by atoms with van der Waals surface area (Å²) in [6.45, 7) is 0.749. The smallest absolute Gasteiger partial charge is 0.318 e. The van der Waals surface area contributed by atoms with Gasteiger partial charge in [-0.25, -0.2) is 4.79 Å². The lowest BCUT2D eigenvalue weighted by molar-refractivity contribution is 0.165. The summed E-state index contributed by atoms with van der Waals surface area (Å²) < 4.78 is 5.78. The summed E-state index contributed by atoms with van der Waals surface area (Å²) in [5, 5.41) is 11.2. The largest absolute Gasteiger partial charge is 0.423 e. The van der Waals surface area contributed by atoms with Crippen molar-refractivity contribution in [2.24, 2.45) is 11.7 Å². The van der Waals surface area contributed by atoms with Gasteiger partial charge in [-0.3, -0.25) is 0 Å². The summed E-state index contributed by atoms with van der Waals surface area (Å²) in [5.74, 6) is 1.84. The third-order valence-electron chi connectivity index (χ3n) is 4.67. The lowest BCUT2D eigenvalue weighted by Gasteiger charge is -2.31. The number of carbonyl (C=O) groups excluding carboxylic acids is 1. The van der Waals surface area contributed by atoms with E-state index in [-0.39, 0.29) is 18.1 Å². The Balaban J connectivity index is 1.46. The third-order valence-corrected chi connectivity index (χ3v) is 4.67. The minimum absolute atomic E-state index is 0.0118. The van der Waals surface area contributed by atoms with Crippen molar-refractivity contribution in [3.05, 3.63) is 11.8 Å². The van der Waals surface area contributed by atoms with Crippen molar-refractivity contribution in [1.29, 1.82) is 0 Å². The van der Waals surface area contributed by atoms with Crippen LogP contribution in [0.4, 0.5) is 4.79 Å². The van der Waals surface area contributed by atoms with Crippen LogP contribution in [0.1, 0.15) is 43.5 Å². The standard InChI is InChI=1S/C13H19N5O2/c14-8-3-7(4-8)5-11-16-17-12(20-11)10-2-1-9-6-18(10)13(19)15-9/h7-10H,1-6,14H2,(H,15,19). The van der Waals surface area contributed by atoms with Crippen LogP contribution in [0, 0.1) is 5.92 Å². The summed E-state index contributed by atoms with van der Waals surface area (Å²) in [6.07, 6.45) is 4.75. The molecule has 1 aliphatic carbocycles. The second-order valence-corrected chi connectivity index (χ2v) is 6.23. The quantitative estimate of drug-likeness (QED) is 0.842. The van der Waals surface area contributed by atoms with Crippen LogP contribution in [0.5, 0.6) is 0 Å². The molecule has 3 heterocycles. The van der Waals surface area contributed by atoms with Gasteiger partial charge in [-0.2, -0.15) is 0 Å². The van der Waals surface area contributed by atoms with Gasteiger partial charge in [0.15, 0.2) is 0 Å². The van der Waals surface area contributed by atoms with E-state index < -0.39 is 0 Å². The number of amides is 2. The van der Waals surface area contributed by atoms with Gasteiger partial charge in [-0.05, 0) is 31.6 Å². The molecule has 0 spiro atoms. The molecule has 7 heteroatoms. The van der Waals surface area contributed by atoms with Gasteiger partial charge in [0.05, 0.1) is 0 Å². The van der Waals surface area contributed by atoms with Crippen molar-refractivity contribution in [2.45, 2.75) is 50.2 Å². The lowest BCUT2D eigenvalue weighted by atomic mass is 9.79. The second kappa shape index (κ2) is 4.44. The van der Waals surface area contributed by atoms with E-state index in [0.29, 0.717) is 23.7 Å². The van der Waals surface area contributed by atoms with Crippen LogP contribution in [0.15, 0.2) is 4.42 Å². The summed E-state index contributed by atoms with van der Waals surface area (Å²) in [7, 11) is 0. The zero-order valence-corrected chi connectivity index (χ0v) is 11.3. The molecule has 3 N–H and O–H groups in total. The van der Waals surface area contributed by atoms with E-state index in [1.165, 1.54) is 0 Å². The Morgan fingerprint density at radius 3 is 3.00 bits per heavy atom. The number of rotatable bonds is 3. The van der Waals surface area contributed by atoms with Crippen LogP contribution >= 0.6 is 0 Å². The topological polar surface area (TPSA) is 97.3 Å². The molecule has 1 aromatic heterocycles. The average Bonchev–Trinajstić information content (AvgIpc) is 2.95. The maximum atomic E-state index is 11.8. The van der Waals surface area contributed by atoms with Gasteiger partial charge in [0.25, 0.3) is 0 Å². The Kier molecular flexibility index (Phi) is 2.70. The normalized spacial score (nSPS) is 35.9. The summed E-state index contributed by atoms with van der Waals surface area (Å²) >= 11 is 0. The zero-order chi connectivity index (χ0) is 13.7. The molecule has 0 aromatic carbocycles. The summed E-state index contributed by atoms with van der Waals surface area (Å²) in [4.78, 5) is 13.6. The molecule has 7 nitrogen and oxygen atoms in total. The van der Waals surface area contributed by atoms with E-state index in [1.54, 1.807) is 0 Å². The van der Waals surface area contributed by atoms with Crippen LogP contribution in [0.3, 0.4) is 0 Å². The summed E-state index contributed by atoms with van der Waals surface area (Å²) in [5.41, 5.74) is 5.78. The highest BCUT2D eigenvalue weighted by Gasteiger charge is 2.41. The van der Waals surface area contributed by atoms with Gasteiger partial charge >= 0.3 is 6.03 Å². The van der Waals surface area contributed by atoms with E-state index >= 15 is 0 Å². The highest BCUT2D eigenvalue weighted by molar-refractivity contribution is 5.77. The molecule has 108 valence electrons. The maximum absolute atomic E-state index is 11.8. The van der Waals surface area contributed by atoms with E-state index in [0.717, 1.165) is 38.6 Å². The van der Waals surface area contributed by atoms with Crippen LogP contribution in [0.25, 0.3) is 0 Å². The lowest BCUT2D eigenvalue weighted by Crippen LogP contribution is -2.37. The van der Waals surface area contributed by atoms with E-state index in [4.69, 9.17) is 10.2 Å². The molecule has 4 rings (SSSR count). The number of fused-ring (bicyclic) bond motifs is 2. The van der Waals surface area contributed by atoms with E-state index in [1.807, 2.05) is 4.90 Å². The van der Waals surface area contributed by atoms with E-state index in [9.17, 15) is 4.79 Å². The van der Waals surface area contributed by atoms with Gasteiger partial charge in [-0.1, -0.05) is 0 Å². The molecule has 2 amide bonds. The Morgan fingerprint density at radius 2 is 2.20 bits per heavy atom. The third kappa shape index (κ3) is 1.96. The van der Waals surface area contributed by atoms with Crippen LogP contribution in [-0.2, 0) is 6.42 Å². The van der Waals surface area contributed by atoms with Crippen LogP contribution < -0.4 is 11.1 Å². The predicted molar refractivity (Wildman–Crippen MR) is 69.7 cm³/mol. The van der Waals surface area contributed by atoms with Gasteiger partial charge in [0.2, 0.25) is 11.8 Å². The van der Waals surface area contributed by atoms with Gasteiger partial charge < -0.3 is 20.4 Å². The van der Waals surface area contributed by atoms with E-state index in [2.05, 4.69) is 15.5 Å². The average molecular weight is 277 g/mol. The van der Waals surface area contributed by atoms with Crippen molar-refractivity contribution in [3.63, 3.8) is 0 Å². The first-order valence-corrected chi connectivity index (χ1v) is 7.34. The van der Waals surface area contributed by atoms with Crippen molar-refractivity contribution in [2.75, 3.05) is 6.54 Å². The van der Waals surface area contributed by atoms with Gasteiger partial charge in [0, 0.05) is 25.0 Å². The number of nitrogens with two attached hydrogens (primary N) is 1. The number of nitrogens with one attached hydrogen (secondary N) is 1. The molecule has 20 heavy (non-hydrogen) atoms. The molecular formula is C13H19N5O2. The zero-order valence-electron chi connectivity index (χ0n) is 11.3. The molecule has 2 unspecified atom stereocenters. The Labute approximate surface area is 116 Å². The number of carbonyl (C=O) groups is 1. The first-order valence-electron chi connectivity index (χ1n) is 7.34. The number of aromatic nitrogens is 2. The second-order valence-electron chi connectivity index (χ2n) is 6.23. The molecule has 2 saturated heterocycles. The molecule has 3 aliphatic rings. The monoisotopic (exact) mass is 277 g/mol. The van der Waals surface area contributed by atoms with Gasteiger partial charge in [0.1, 0.15) is 6.04 Å². The number of hydrogen-bond donors (Lipinski definition) is 2. The molecule has 2 atom stereocenters. The maximum Gasteiger partial charge on any atom is 0.318 e. The fourth-order valence-corrected chi connectivity index (χ4v) is 3.51. The van der Waals surface area contributed by atoms with Crippen molar-refractivity contribution >= 4 is 6.03 Å². The molecule has 3 fully saturated rings. The molecule has 2 aliphatic heterocycles. The Bertz CT molecular complexity index is 525. The first-order chi connectivity index (χ1) is 9.69. The highest BCUT2D eigenvalue weighted by Crippen LogP contribution is 2.34.